The minimum Gasteiger partial charge on any atom is -0.335 e. The van der Waals surface area contributed by atoms with Gasteiger partial charge < -0.3 is 9.88 Å². The number of hydrogen-bond donors (Lipinski definition) is 1. The van der Waals surface area contributed by atoms with Crippen LogP contribution in [0.5, 0.6) is 0 Å². The number of imidazole rings is 1. The number of anilines is 1. The molecule has 0 spiro atoms. The molecule has 2 unspecified atom stereocenters. The van der Waals surface area contributed by atoms with Crippen LogP contribution in [0.1, 0.15) is 25.7 Å². The number of hydrogen-bond acceptors (Lipinski definition) is 4. The van der Waals surface area contributed by atoms with E-state index in [9.17, 15) is 4.39 Å². The molecular weight excluding hydrogens is 269 g/mol. The number of rotatable bonds is 2. The first kappa shape index (κ1) is 12.6. The molecule has 3 rings (SSSR count). The smallest absolute Gasteiger partial charge is 0.198 e. The Morgan fingerprint density at radius 3 is 3.05 bits per heavy atom. The van der Waals surface area contributed by atoms with Gasteiger partial charge in [0.2, 0.25) is 0 Å². The largest absolute Gasteiger partial charge is 0.335 e. The second-order valence-corrected chi connectivity index (χ2v) is 5.48. The van der Waals surface area contributed by atoms with Crippen LogP contribution >= 0.6 is 11.6 Å². The summed E-state index contributed by atoms with van der Waals surface area (Å²) in [7, 11) is 1.84. The van der Waals surface area contributed by atoms with Crippen molar-refractivity contribution < 1.29 is 4.39 Å². The molecule has 0 aromatic carbocycles. The minimum atomic E-state index is -1.63. The van der Waals surface area contributed by atoms with Gasteiger partial charge in [-0.2, -0.15) is 0 Å². The number of halogens is 2. The maximum absolute atomic E-state index is 14.8. The highest BCUT2D eigenvalue weighted by molar-refractivity contribution is 6.21. The van der Waals surface area contributed by atoms with Crippen LogP contribution in [0.4, 0.5) is 10.2 Å². The van der Waals surface area contributed by atoms with Gasteiger partial charge in [0, 0.05) is 13.5 Å². The third-order valence-corrected chi connectivity index (χ3v) is 4.13. The first-order chi connectivity index (χ1) is 9.10. The van der Waals surface area contributed by atoms with Crippen LogP contribution in [0.3, 0.4) is 0 Å². The Bertz CT molecular complexity index is 601. The number of alkyl halides is 2. The first-order valence-electron chi connectivity index (χ1n) is 6.33. The maximum atomic E-state index is 14.8. The number of fused-ring (bicyclic) bond motifs is 1. The van der Waals surface area contributed by atoms with Gasteiger partial charge in [-0.05, 0) is 12.8 Å². The van der Waals surface area contributed by atoms with Gasteiger partial charge in [0.15, 0.2) is 17.3 Å². The molecule has 1 saturated carbocycles. The van der Waals surface area contributed by atoms with Gasteiger partial charge in [0.05, 0.1) is 11.7 Å². The lowest BCUT2D eigenvalue weighted by molar-refractivity contribution is 0.145. The molecule has 1 aliphatic rings. The van der Waals surface area contributed by atoms with Crippen molar-refractivity contribution in [1.82, 2.24) is 19.5 Å². The normalized spacial score (nSPS) is 27.6. The third-order valence-electron chi connectivity index (χ3n) is 3.57. The number of nitrogens with one attached hydrogen (secondary N) is 1. The first-order valence-corrected chi connectivity index (χ1v) is 6.77. The predicted molar refractivity (Wildman–Crippen MR) is 71.9 cm³/mol. The van der Waals surface area contributed by atoms with Gasteiger partial charge in [-0.25, -0.2) is 19.3 Å². The van der Waals surface area contributed by atoms with E-state index in [0.717, 1.165) is 12.8 Å². The zero-order valence-corrected chi connectivity index (χ0v) is 11.4. The van der Waals surface area contributed by atoms with Gasteiger partial charge in [-0.15, -0.1) is 11.6 Å². The molecule has 19 heavy (non-hydrogen) atoms. The van der Waals surface area contributed by atoms with E-state index in [0.29, 0.717) is 29.8 Å². The van der Waals surface area contributed by atoms with Crippen LogP contribution in [-0.4, -0.2) is 30.7 Å². The quantitative estimate of drug-likeness (QED) is 0.680. The SMILES string of the molecule is Cn1cnc2c(NC3(F)CCCCC3Cl)ncnc21. The van der Waals surface area contributed by atoms with Gasteiger partial charge in [-0.1, -0.05) is 6.42 Å². The molecular formula is C12H15ClFN5. The molecule has 0 amide bonds. The average molecular weight is 284 g/mol. The molecule has 1 fully saturated rings. The summed E-state index contributed by atoms with van der Waals surface area (Å²) in [5.74, 6) is -1.22. The lowest BCUT2D eigenvalue weighted by atomic mass is 9.92. The van der Waals surface area contributed by atoms with Crippen molar-refractivity contribution in [2.75, 3.05) is 5.32 Å². The Morgan fingerprint density at radius 1 is 1.42 bits per heavy atom. The molecule has 2 atom stereocenters. The molecule has 2 aromatic rings. The average Bonchev–Trinajstić information content (AvgIpc) is 2.77. The second kappa shape index (κ2) is 4.59. The minimum absolute atomic E-state index is 0.388. The zero-order valence-electron chi connectivity index (χ0n) is 10.6. The lowest BCUT2D eigenvalue weighted by Gasteiger charge is -2.35. The molecule has 102 valence electrons. The summed E-state index contributed by atoms with van der Waals surface area (Å²) in [6.07, 6.45) is 5.88. The van der Waals surface area contributed by atoms with Crippen LogP contribution in [0.25, 0.3) is 11.2 Å². The Morgan fingerprint density at radius 2 is 2.26 bits per heavy atom. The van der Waals surface area contributed by atoms with Crippen LogP contribution in [0.2, 0.25) is 0 Å². The van der Waals surface area contributed by atoms with E-state index in [-0.39, 0.29) is 0 Å². The fourth-order valence-electron chi connectivity index (χ4n) is 2.47. The molecule has 5 nitrogen and oxygen atoms in total. The molecule has 7 heteroatoms. The Hall–Kier alpha value is -1.43. The van der Waals surface area contributed by atoms with Crippen molar-refractivity contribution in [2.45, 2.75) is 36.9 Å². The molecule has 1 N–H and O–H groups in total. The molecule has 0 aliphatic heterocycles. The predicted octanol–water partition coefficient (Wildman–Crippen LogP) is 2.62. The Balaban J connectivity index is 1.96. The highest BCUT2D eigenvalue weighted by atomic mass is 35.5. The van der Waals surface area contributed by atoms with Crippen LogP contribution in [0, 0.1) is 0 Å². The standard InChI is InChI=1S/C12H15ClFN5/c1-19-7-17-9-10(15-6-16-11(9)19)18-12(14)5-3-2-4-8(12)13/h6-8H,2-5H2,1H3,(H,15,16,18). The monoisotopic (exact) mass is 283 g/mol. The van der Waals surface area contributed by atoms with E-state index in [1.54, 1.807) is 10.9 Å². The number of aromatic nitrogens is 4. The van der Waals surface area contributed by atoms with E-state index < -0.39 is 11.2 Å². The summed E-state index contributed by atoms with van der Waals surface area (Å²) in [4.78, 5) is 12.4. The van der Waals surface area contributed by atoms with E-state index in [4.69, 9.17) is 11.6 Å². The molecule has 2 aromatic heterocycles. The molecule has 0 saturated heterocycles. The highest BCUT2D eigenvalue weighted by Gasteiger charge is 2.40. The number of aryl methyl sites for hydroxylation is 1. The van der Waals surface area contributed by atoms with Crippen LogP contribution < -0.4 is 5.32 Å². The summed E-state index contributed by atoms with van der Waals surface area (Å²) in [5, 5.41) is 2.29. The van der Waals surface area contributed by atoms with Crippen molar-refractivity contribution in [1.29, 1.82) is 0 Å². The topological polar surface area (TPSA) is 55.6 Å². The van der Waals surface area contributed by atoms with E-state index in [1.165, 1.54) is 6.33 Å². The summed E-state index contributed by atoms with van der Waals surface area (Å²) in [6.45, 7) is 0. The molecule has 2 heterocycles. The maximum Gasteiger partial charge on any atom is 0.198 e. The Kier molecular flexibility index (Phi) is 3.05. The number of nitrogens with zero attached hydrogens (tertiary/aromatic N) is 4. The van der Waals surface area contributed by atoms with Crippen molar-refractivity contribution in [2.24, 2.45) is 7.05 Å². The van der Waals surface area contributed by atoms with E-state index in [2.05, 4.69) is 20.3 Å². The summed E-state index contributed by atoms with van der Waals surface area (Å²) in [5.41, 5.74) is 1.24. The third kappa shape index (κ3) is 2.14. The summed E-state index contributed by atoms with van der Waals surface area (Å²) >= 11 is 6.12. The summed E-state index contributed by atoms with van der Waals surface area (Å²) in [6, 6.07) is 0. The highest BCUT2D eigenvalue weighted by Crippen LogP contribution is 2.37. The van der Waals surface area contributed by atoms with Crippen molar-refractivity contribution in [3.05, 3.63) is 12.7 Å². The van der Waals surface area contributed by atoms with Crippen molar-refractivity contribution in [3.63, 3.8) is 0 Å². The van der Waals surface area contributed by atoms with E-state index >= 15 is 0 Å². The second-order valence-electron chi connectivity index (χ2n) is 4.95. The van der Waals surface area contributed by atoms with Gasteiger partial charge in [0.1, 0.15) is 11.8 Å². The molecule has 0 bridgehead atoms. The summed E-state index contributed by atoms with van der Waals surface area (Å²) < 4.78 is 16.6. The lowest BCUT2D eigenvalue weighted by Crippen LogP contribution is -2.45. The van der Waals surface area contributed by atoms with Gasteiger partial charge >= 0.3 is 0 Å². The zero-order chi connectivity index (χ0) is 13.5. The van der Waals surface area contributed by atoms with E-state index in [1.807, 2.05) is 7.05 Å². The fourth-order valence-corrected chi connectivity index (χ4v) is 2.78. The van der Waals surface area contributed by atoms with Crippen molar-refractivity contribution in [3.8, 4) is 0 Å². The Labute approximate surface area is 115 Å². The molecule has 0 radical (unpaired) electrons. The van der Waals surface area contributed by atoms with Crippen LogP contribution in [-0.2, 0) is 7.05 Å². The van der Waals surface area contributed by atoms with Crippen LogP contribution in [0.15, 0.2) is 12.7 Å². The van der Waals surface area contributed by atoms with Crippen molar-refractivity contribution >= 4 is 28.6 Å². The molecule has 1 aliphatic carbocycles. The van der Waals surface area contributed by atoms with Gasteiger partial charge in [-0.3, -0.25) is 0 Å². The van der Waals surface area contributed by atoms with Gasteiger partial charge in [0.25, 0.3) is 0 Å². The fraction of sp³-hybridized carbons (Fsp3) is 0.583.